The van der Waals surface area contributed by atoms with E-state index in [1.54, 1.807) is 22.8 Å². The number of aromatic nitrogens is 3. The molecule has 3 aromatic rings. The van der Waals surface area contributed by atoms with Crippen molar-refractivity contribution < 1.29 is 23.9 Å². The molecule has 2 amide bonds. The number of rotatable bonds is 10. The summed E-state index contributed by atoms with van der Waals surface area (Å²) in [6.07, 6.45) is 0. The van der Waals surface area contributed by atoms with Crippen molar-refractivity contribution in [1.82, 2.24) is 20.1 Å². The van der Waals surface area contributed by atoms with Crippen LogP contribution >= 0.6 is 11.8 Å². The van der Waals surface area contributed by atoms with Gasteiger partial charge in [-0.05, 0) is 43.2 Å². The van der Waals surface area contributed by atoms with Crippen molar-refractivity contribution in [3.8, 4) is 0 Å². The number of anilines is 1. The van der Waals surface area contributed by atoms with Gasteiger partial charge in [0.25, 0.3) is 5.91 Å². The fraction of sp³-hybridized carbons (Fsp3) is 0.292. The Balaban J connectivity index is 1.71. The van der Waals surface area contributed by atoms with Crippen LogP contribution in [0.5, 0.6) is 0 Å². The first-order chi connectivity index (χ1) is 16.7. The van der Waals surface area contributed by atoms with Crippen molar-refractivity contribution in [3.05, 3.63) is 71.3 Å². The van der Waals surface area contributed by atoms with Crippen molar-refractivity contribution >= 4 is 35.2 Å². The number of amides is 2. The van der Waals surface area contributed by atoms with E-state index in [0.717, 1.165) is 0 Å². The Morgan fingerprint density at radius 3 is 2.51 bits per heavy atom. The number of nitrogens with zero attached hydrogens (tertiary/aromatic N) is 3. The highest BCUT2D eigenvalue weighted by molar-refractivity contribution is 7.99. The Hall–Kier alpha value is -3.73. The van der Waals surface area contributed by atoms with E-state index in [0.29, 0.717) is 23.2 Å². The minimum atomic E-state index is -1.08. The van der Waals surface area contributed by atoms with Crippen LogP contribution in [0.3, 0.4) is 0 Å². The second-order valence-electron chi connectivity index (χ2n) is 7.98. The molecule has 11 heteroatoms. The average molecular weight is 500 g/mol. The van der Waals surface area contributed by atoms with Crippen molar-refractivity contribution in [2.45, 2.75) is 38.5 Å². The van der Waals surface area contributed by atoms with Gasteiger partial charge in [-0.15, -0.1) is 10.2 Å². The van der Waals surface area contributed by atoms with Gasteiger partial charge in [0.15, 0.2) is 11.0 Å². The molecule has 0 aliphatic heterocycles. The Morgan fingerprint density at radius 2 is 1.86 bits per heavy atom. The van der Waals surface area contributed by atoms with Crippen LogP contribution in [0.15, 0.2) is 53.7 Å². The highest BCUT2D eigenvalue weighted by atomic mass is 32.2. The third-order valence-corrected chi connectivity index (χ3v) is 6.10. The van der Waals surface area contributed by atoms with E-state index in [2.05, 4.69) is 20.8 Å². The van der Waals surface area contributed by atoms with Crippen LogP contribution in [0.1, 0.15) is 53.4 Å². The van der Waals surface area contributed by atoms with E-state index in [-0.39, 0.29) is 28.7 Å². The first kappa shape index (κ1) is 25.9. The van der Waals surface area contributed by atoms with Gasteiger partial charge < -0.3 is 20.3 Å². The molecule has 1 atom stereocenters. The molecule has 1 aromatic heterocycles. The number of carboxylic acids is 1. The fourth-order valence-corrected chi connectivity index (χ4v) is 4.19. The maximum atomic E-state index is 14.1. The number of halogens is 1. The first-order valence-corrected chi connectivity index (χ1v) is 11.9. The molecule has 0 unspecified atom stereocenters. The van der Waals surface area contributed by atoms with Gasteiger partial charge in [-0.25, -0.2) is 9.18 Å². The number of hydrogen-bond donors (Lipinski definition) is 3. The molecule has 35 heavy (non-hydrogen) atoms. The van der Waals surface area contributed by atoms with Crippen LogP contribution in [-0.4, -0.2) is 43.4 Å². The molecular weight excluding hydrogens is 473 g/mol. The summed E-state index contributed by atoms with van der Waals surface area (Å²) in [4.78, 5) is 36.2. The summed E-state index contributed by atoms with van der Waals surface area (Å²) in [5, 5.41) is 23.6. The molecule has 184 valence electrons. The van der Waals surface area contributed by atoms with Gasteiger partial charge in [-0.2, -0.15) is 0 Å². The molecular formula is C24H26FN5O4S. The summed E-state index contributed by atoms with van der Waals surface area (Å²) in [6.45, 7) is 6.20. The molecule has 0 bridgehead atoms. The average Bonchev–Trinajstić information content (AvgIpc) is 3.23. The lowest BCUT2D eigenvalue weighted by molar-refractivity contribution is -0.113. The number of thioether (sulfide) groups is 1. The van der Waals surface area contributed by atoms with E-state index < -0.39 is 23.7 Å². The van der Waals surface area contributed by atoms with E-state index in [1.807, 2.05) is 20.8 Å². The Bertz CT molecular complexity index is 1230. The molecule has 0 aliphatic carbocycles. The van der Waals surface area contributed by atoms with Crippen LogP contribution in [0.4, 0.5) is 10.1 Å². The van der Waals surface area contributed by atoms with E-state index in [1.165, 1.54) is 42.1 Å². The molecule has 0 spiro atoms. The second kappa shape index (κ2) is 11.6. The van der Waals surface area contributed by atoms with Crippen LogP contribution in [0, 0.1) is 11.7 Å². The van der Waals surface area contributed by atoms with Gasteiger partial charge in [0.2, 0.25) is 5.91 Å². The van der Waals surface area contributed by atoms with Gasteiger partial charge in [-0.3, -0.25) is 9.59 Å². The first-order valence-electron chi connectivity index (χ1n) is 11.0. The zero-order valence-corrected chi connectivity index (χ0v) is 20.3. The Morgan fingerprint density at radius 1 is 1.11 bits per heavy atom. The molecule has 3 rings (SSSR count). The number of carboxylic acid groups (broad SMARTS) is 1. The van der Waals surface area contributed by atoms with Crippen LogP contribution in [0.25, 0.3) is 0 Å². The summed E-state index contributed by atoms with van der Waals surface area (Å²) in [6, 6.07) is 11.2. The van der Waals surface area contributed by atoms with Gasteiger partial charge in [0.05, 0.1) is 22.9 Å². The number of hydrogen-bond acceptors (Lipinski definition) is 6. The molecule has 0 fully saturated rings. The van der Waals surface area contributed by atoms with Crippen LogP contribution in [-0.2, 0) is 11.3 Å². The summed E-state index contributed by atoms with van der Waals surface area (Å²) in [7, 11) is 0. The minimum Gasteiger partial charge on any atom is -0.478 e. The van der Waals surface area contributed by atoms with Crippen molar-refractivity contribution in [2.75, 3.05) is 11.1 Å². The van der Waals surface area contributed by atoms with Gasteiger partial charge in [-0.1, -0.05) is 43.8 Å². The SMILES string of the molecule is CCn1c(SCC(=O)Nc2cccc(C(=O)O)c2)nnc1[C@H](NC(=O)c1ccccc1F)C(C)C. The molecule has 0 saturated carbocycles. The van der Waals surface area contributed by atoms with E-state index in [9.17, 15) is 18.8 Å². The lowest BCUT2D eigenvalue weighted by Crippen LogP contribution is -2.34. The van der Waals surface area contributed by atoms with Crippen LogP contribution < -0.4 is 10.6 Å². The number of carbonyl (C=O) groups excluding carboxylic acids is 2. The maximum absolute atomic E-state index is 14.1. The smallest absolute Gasteiger partial charge is 0.335 e. The normalized spacial score (nSPS) is 11.8. The minimum absolute atomic E-state index is 0.0172. The lowest BCUT2D eigenvalue weighted by atomic mass is 10.0. The molecule has 9 nitrogen and oxygen atoms in total. The number of benzene rings is 2. The zero-order chi connectivity index (χ0) is 25.5. The highest BCUT2D eigenvalue weighted by Gasteiger charge is 2.27. The van der Waals surface area contributed by atoms with Crippen LogP contribution in [0.2, 0.25) is 0 Å². The molecule has 0 aliphatic rings. The molecule has 2 aromatic carbocycles. The third-order valence-electron chi connectivity index (χ3n) is 5.14. The molecule has 3 N–H and O–H groups in total. The topological polar surface area (TPSA) is 126 Å². The van der Waals surface area contributed by atoms with Crippen molar-refractivity contribution in [1.29, 1.82) is 0 Å². The predicted octanol–water partition coefficient (Wildman–Crippen LogP) is 3.99. The Labute approximate surface area is 206 Å². The second-order valence-corrected chi connectivity index (χ2v) is 8.93. The molecule has 1 heterocycles. The predicted molar refractivity (Wildman–Crippen MR) is 130 cm³/mol. The summed E-state index contributed by atoms with van der Waals surface area (Å²) >= 11 is 1.17. The largest absolute Gasteiger partial charge is 0.478 e. The van der Waals surface area contributed by atoms with E-state index in [4.69, 9.17) is 5.11 Å². The van der Waals surface area contributed by atoms with Crippen molar-refractivity contribution in [3.63, 3.8) is 0 Å². The summed E-state index contributed by atoms with van der Waals surface area (Å²) in [5.41, 5.74) is 0.394. The summed E-state index contributed by atoms with van der Waals surface area (Å²) in [5.74, 6) is -2.13. The molecule has 0 radical (unpaired) electrons. The molecule has 0 saturated heterocycles. The van der Waals surface area contributed by atoms with Crippen molar-refractivity contribution in [2.24, 2.45) is 5.92 Å². The number of aromatic carboxylic acids is 1. The zero-order valence-electron chi connectivity index (χ0n) is 19.5. The summed E-state index contributed by atoms with van der Waals surface area (Å²) < 4.78 is 15.9. The quantitative estimate of drug-likeness (QED) is 0.360. The fourth-order valence-electron chi connectivity index (χ4n) is 3.38. The Kier molecular flexibility index (Phi) is 8.58. The lowest BCUT2D eigenvalue weighted by Gasteiger charge is -2.22. The van der Waals surface area contributed by atoms with Gasteiger partial charge in [0.1, 0.15) is 5.82 Å². The number of nitrogens with one attached hydrogen (secondary N) is 2. The van der Waals surface area contributed by atoms with E-state index >= 15 is 0 Å². The third kappa shape index (κ3) is 6.44. The highest BCUT2D eigenvalue weighted by Crippen LogP contribution is 2.26. The standard InChI is InChI=1S/C24H26FN5O4S/c1-4-30-21(20(14(2)3)27-22(32)17-10-5-6-11-18(17)25)28-29-24(30)35-13-19(31)26-16-9-7-8-15(12-16)23(33)34/h5-12,14,20H,4,13H2,1-3H3,(H,26,31)(H,27,32)(H,33,34)/t20-/m1/s1. The van der Waals surface area contributed by atoms with Gasteiger partial charge >= 0.3 is 5.97 Å². The maximum Gasteiger partial charge on any atom is 0.335 e. The number of carbonyl (C=O) groups is 3. The van der Waals surface area contributed by atoms with Gasteiger partial charge in [0, 0.05) is 12.2 Å². The monoisotopic (exact) mass is 499 g/mol.